The van der Waals surface area contributed by atoms with Crippen LogP contribution in [0.25, 0.3) is 0 Å². The molecule has 0 fully saturated rings. The van der Waals surface area contributed by atoms with E-state index in [9.17, 15) is 16.8 Å². The van der Waals surface area contributed by atoms with Gasteiger partial charge in [-0.05, 0) is 66.4 Å². The van der Waals surface area contributed by atoms with Gasteiger partial charge in [0.15, 0.2) is 0 Å². The second-order valence-corrected chi connectivity index (χ2v) is 10.6. The van der Waals surface area contributed by atoms with Crippen LogP contribution in [-0.4, -0.2) is 16.8 Å². The van der Waals surface area contributed by atoms with Gasteiger partial charge in [-0.25, -0.2) is 16.8 Å². The summed E-state index contributed by atoms with van der Waals surface area (Å²) in [7, 11) is -7.51. The molecule has 0 aliphatic rings. The minimum Gasteiger partial charge on any atom is -0.279 e. The summed E-state index contributed by atoms with van der Waals surface area (Å²) in [5, 5.41) is 2.17. The lowest BCUT2D eigenvalue weighted by molar-refractivity contribution is 0.600. The Morgan fingerprint density at radius 2 is 1.59 bits per heavy atom. The fourth-order valence-electron chi connectivity index (χ4n) is 2.27. The Labute approximate surface area is 166 Å². The summed E-state index contributed by atoms with van der Waals surface area (Å²) in [5.41, 5.74) is 1.37. The van der Waals surface area contributed by atoms with Crippen LogP contribution >= 0.6 is 22.9 Å². The smallest absolute Gasteiger partial charge is 0.271 e. The molecule has 0 aliphatic carbocycles. The first kappa shape index (κ1) is 19.7. The van der Waals surface area contributed by atoms with E-state index in [4.69, 9.17) is 11.6 Å². The Morgan fingerprint density at radius 3 is 2.19 bits per heavy atom. The van der Waals surface area contributed by atoms with Gasteiger partial charge >= 0.3 is 0 Å². The van der Waals surface area contributed by atoms with Gasteiger partial charge in [0, 0.05) is 10.7 Å². The number of thiophene rings is 1. The first-order valence-electron chi connectivity index (χ1n) is 7.63. The largest absolute Gasteiger partial charge is 0.279 e. The highest BCUT2D eigenvalue weighted by Gasteiger charge is 2.18. The van der Waals surface area contributed by atoms with Crippen LogP contribution in [0, 0.1) is 6.92 Å². The number of hydrogen-bond acceptors (Lipinski definition) is 5. The number of anilines is 2. The lowest BCUT2D eigenvalue weighted by Gasteiger charge is -2.12. The maximum atomic E-state index is 12.5. The summed E-state index contributed by atoms with van der Waals surface area (Å²) in [6.45, 7) is 1.74. The first-order chi connectivity index (χ1) is 12.7. The predicted octanol–water partition coefficient (Wildman–Crippen LogP) is 4.31. The van der Waals surface area contributed by atoms with Crippen molar-refractivity contribution < 1.29 is 16.8 Å². The quantitative estimate of drug-likeness (QED) is 0.594. The molecule has 0 saturated carbocycles. The van der Waals surface area contributed by atoms with Crippen molar-refractivity contribution in [2.24, 2.45) is 0 Å². The average molecular weight is 443 g/mol. The Kier molecular flexibility index (Phi) is 5.48. The minimum atomic E-state index is -3.82. The molecule has 6 nitrogen and oxygen atoms in total. The van der Waals surface area contributed by atoms with Crippen molar-refractivity contribution in [3.05, 3.63) is 70.6 Å². The molecule has 27 heavy (non-hydrogen) atoms. The number of rotatable bonds is 6. The number of hydrogen-bond donors (Lipinski definition) is 2. The molecule has 0 unspecified atom stereocenters. The van der Waals surface area contributed by atoms with E-state index in [1.807, 2.05) is 0 Å². The minimum absolute atomic E-state index is 0.0101. The second-order valence-electron chi connectivity index (χ2n) is 5.63. The van der Waals surface area contributed by atoms with Crippen molar-refractivity contribution in [3.8, 4) is 0 Å². The lowest BCUT2D eigenvalue weighted by atomic mass is 10.2. The molecule has 142 valence electrons. The van der Waals surface area contributed by atoms with E-state index in [-0.39, 0.29) is 14.8 Å². The van der Waals surface area contributed by atoms with Crippen molar-refractivity contribution >= 4 is 54.4 Å². The van der Waals surface area contributed by atoms with E-state index in [1.165, 1.54) is 30.3 Å². The molecule has 1 aromatic heterocycles. The molecule has 0 spiro atoms. The Bertz CT molecular complexity index is 1160. The number of benzene rings is 2. The highest BCUT2D eigenvalue weighted by atomic mass is 35.5. The maximum absolute atomic E-state index is 12.5. The standard InChI is InChI=1S/C17H15ClN2O4S3/c1-12-11-13(18)4-9-16(12)20-26(21,22)15-7-5-14(6-8-15)19-27(23,24)17-3-2-10-25-17/h2-11,19-20H,1H3. The van der Waals surface area contributed by atoms with Crippen molar-refractivity contribution in [2.75, 3.05) is 9.44 Å². The molecule has 0 saturated heterocycles. The Morgan fingerprint density at radius 1 is 0.889 bits per heavy atom. The SMILES string of the molecule is Cc1cc(Cl)ccc1NS(=O)(=O)c1ccc(NS(=O)(=O)c2cccs2)cc1. The third-order valence-corrected chi connectivity index (χ3v) is 8.00. The average Bonchev–Trinajstić information content (AvgIpc) is 3.13. The van der Waals surface area contributed by atoms with Crippen molar-refractivity contribution in [3.63, 3.8) is 0 Å². The molecule has 3 rings (SSSR count). The first-order valence-corrected chi connectivity index (χ1v) is 11.9. The predicted molar refractivity (Wildman–Crippen MR) is 109 cm³/mol. The van der Waals surface area contributed by atoms with E-state index in [2.05, 4.69) is 9.44 Å². The van der Waals surface area contributed by atoms with Crippen LogP contribution in [0.1, 0.15) is 5.56 Å². The molecule has 2 N–H and O–H groups in total. The number of halogens is 1. The third kappa shape index (κ3) is 4.62. The van der Waals surface area contributed by atoms with Crippen LogP contribution in [0.2, 0.25) is 5.02 Å². The van der Waals surface area contributed by atoms with E-state index in [0.29, 0.717) is 16.3 Å². The zero-order valence-corrected chi connectivity index (χ0v) is 17.2. The molecule has 0 amide bonds. The molecule has 0 atom stereocenters. The summed E-state index contributed by atoms with van der Waals surface area (Å²) in [6.07, 6.45) is 0. The molecular weight excluding hydrogens is 428 g/mol. The van der Waals surface area contributed by atoms with Crippen LogP contribution in [0.4, 0.5) is 11.4 Å². The maximum Gasteiger partial charge on any atom is 0.271 e. The summed E-state index contributed by atoms with van der Waals surface area (Å²) in [4.78, 5) is 0.0101. The van der Waals surface area contributed by atoms with Crippen molar-refractivity contribution in [1.29, 1.82) is 0 Å². The number of aryl methyl sites for hydroxylation is 1. The van der Waals surface area contributed by atoms with Gasteiger partial charge in [0.25, 0.3) is 20.0 Å². The summed E-state index contributed by atoms with van der Waals surface area (Å²) >= 11 is 6.97. The topological polar surface area (TPSA) is 92.3 Å². The van der Waals surface area contributed by atoms with Crippen LogP contribution in [0.5, 0.6) is 0 Å². The van der Waals surface area contributed by atoms with Gasteiger partial charge in [0.2, 0.25) is 0 Å². The fourth-order valence-corrected chi connectivity index (χ4v) is 5.68. The van der Waals surface area contributed by atoms with Gasteiger partial charge in [-0.1, -0.05) is 17.7 Å². The Balaban J connectivity index is 1.80. The normalized spacial score (nSPS) is 11.9. The van der Waals surface area contributed by atoms with Gasteiger partial charge in [0.05, 0.1) is 10.6 Å². The third-order valence-electron chi connectivity index (χ3n) is 3.61. The van der Waals surface area contributed by atoms with E-state index in [0.717, 1.165) is 11.3 Å². The number of sulfonamides is 2. The van der Waals surface area contributed by atoms with Crippen LogP contribution < -0.4 is 9.44 Å². The number of nitrogens with one attached hydrogen (secondary N) is 2. The fraction of sp³-hybridized carbons (Fsp3) is 0.0588. The summed E-state index contributed by atoms with van der Waals surface area (Å²) < 4.78 is 54.6. The van der Waals surface area contributed by atoms with Crippen LogP contribution in [0.3, 0.4) is 0 Å². The zero-order chi connectivity index (χ0) is 19.7. The molecule has 1 heterocycles. The van der Waals surface area contributed by atoms with E-state index >= 15 is 0 Å². The van der Waals surface area contributed by atoms with Crippen molar-refractivity contribution in [2.45, 2.75) is 16.0 Å². The van der Waals surface area contributed by atoms with Gasteiger partial charge in [-0.2, -0.15) is 0 Å². The molecule has 0 radical (unpaired) electrons. The van der Waals surface area contributed by atoms with Gasteiger partial charge in [-0.15, -0.1) is 11.3 Å². The van der Waals surface area contributed by atoms with Crippen LogP contribution in [0.15, 0.2) is 69.1 Å². The second kappa shape index (κ2) is 7.51. The van der Waals surface area contributed by atoms with Gasteiger partial charge in [-0.3, -0.25) is 9.44 Å². The Hall–Kier alpha value is -2.07. The van der Waals surface area contributed by atoms with E-state index in [1.54, 1.807) is 36.6 Å². The van der Waals surface area contributed by atoms with Gasteiger partial charge in [0.1, 0.15) is 4.21 Å². The van der Waals surface area contributed by atoms with E-state index < -0.39 is 20.0 Å². The zero-order valence-electron chi connectivity index (χ0n) is 14.0. The molecule has 3 aromatic rings. The highest BCUT2D eigenvalue weighted by molar-refractivity contribution is 7.94. The summed E-state index contributed by atoms with van der Waals surface area (Å²) in [6, 6.07) is 13.4. The molecule has 0 aliphatic heterocycles. The molecule has 0 bridgehead atoms. The molecular formula is C17H15ClN2O4S3. The van der Waals surface area contributed by atoms with Crippen LogP contribution in [-0.2, 0) is 20.0 Å². The monoisotopic (exact) mass is 442 g/mol. The highest BCUT2D eigenvalue weighted by Crippen LogP contribution is 2.25. The lowest BCUT2D eigenvalue weighted by Crippen LogP contribution is -2.14. The molecule has 2 aromatic carbocycles. The van der Waals surface area contributed by atoms with Crippen molar-refractivity contribution in [1.82, 2.24) is 0 Å². The molecule has 10 heteroatoms. The van der Waals surface area contributed by atoms with Gasteiger partial charge < -0.3 is 0 Å². The summed E-state index contributed by atoms with van der Waals surface area (Å²) in [5.74, 6) is 0.